The molecule has 4 heteroatoms. The lowest BCUT2D eigenvalue weighted by molar-refractivity contribution is 0.0944. The van der Waals surface area contributed by atoms with Gasteiger partial charge in [0.1, 0.15) is 0 Å². The largest absolute Gasteiger partial charge is 0.349 e. The van der Waals surface area contributed by atoms with Crippen LogP contribution in [-0.4, -0.2) is 17.3 Å². The summed E-state index contributed by atoms with van der Waals surface area (Å²) in [6.45, 7) is 3.84. The monoisotopic (exact) mass is 289 g/mol. The summed E-state index contributed by atoms with van der Waals surface area (Å²) < 4.78 is 0. The second-order valence-electron chi connectivity index (χ2n) is 3.49. The van der Waals surface area contributed by atoms with E-state index in [1.54, 1.807) is 12.1 Å². The highest BCUT2D eigenvalue weighted by atomic mass is 79.9. The Hall–Kier alpha value is -0.540. The number of halogens is 2. The molecule has 0 radical (unpaired) electrons. The molecule has 0 aliphatic rings. The maximum Gasteiger partial charge on any atom is 0.251 e. The molecule has 0 aliphatic carbocycles. The van der Waals surface area contributed by atoms with Crippen LogP contribution in [0.2, 0.25) is 5.02 Å². The SMILES string of the molecule is Cc1ccc(C(=O)NC(C)CBr)cc1Cl. The minimum atomic E-state index is -0.0937. The standard InChI is InChI=1S/C11H13BrClNO/c1-7-3-4-9(5-10(7)13)11(15)14-8(2)6-12/h3-5,8H,6H2,1-2H3,(H,14,15). The summed E-state index contributed by atoms with van der Waals surface area (Å²) in [4.78, 5) is 11.7. The Balaban J connectivity index is 2.78. The number of benzene rings is 1. The van der Waals surface area contributed by atoms with Crippen LogP contribution in [0, 0.1) is 6.92 Å². The van der Waals surface area contributed by atoms with Crippen molar-refractivity contribution in [2.24, 2.45) is 0 Å². The van der Waals surface area contributed by atoms with Crippen molar-refractivity contribution in [2.45, 2.75) is 19.9 Å². The smallest absolute Gasteiger partial charge is 0.251 e. The van der Waals surface area contributed by atoms with E-state index in [1.165, 1.54) is 0 Å². The summed E-state index contributed by atoms with van der Waals surface area (Å²) in [6, 6.07) is 5.42. The maximum atomic E-state index is 11.7. The molecule has 1 aromatic rings. The predicted octanol–water partition coefficient (Wildman–Crippen LogP) is 3.16. The van der Waals surface area contributed by atoms with Gasteiger partial charge in [-0.05, 0) is 31.5 Å². The molecule has 1 atom stereocenters. The Kier molecular flexibility index (Phi) is 4.61. The lowest BCUT2D eigenvalue weighted by atomic mass is 10.1. The van der Waals surface area contributed by atoms with Crippen LogP contribution in [0.1, 0.15) is 22.8 Å². The van der Waals surface area contributed by atoms with Gasteiger partial charge in [-0.25, -0.2) is 0 Å². The fraction of sp³-hybridized carbons (Fsp3) is 0.364. The van der Waals surface area contributed by atoms with E-state index in [4.69, 9.17) is 11.6 Å². The van der Waals surface area contributed by atoms with Crippen LogP contribution in [0.15, 0.2) is 18.2 Å². The summed E-state index contributed by atoms with van der Waals surface area (Å²) in [5.41, 5.74) is 1.57. The number of alkyl halides is 1. The van der Waals surface area contributed by atoms with Crippen LogP contribution in [0.3, 0.4) is 0 Å². The number of hydrogen-bond acceptors (Lipinski definition) is 1. The van der Waals surface area contributed by atoms with Crippen molar-refractivity contribution >= 4 is 33.4 Å². The lowest BCUT2D eigenvalue weighted by Gasteiger charge is -2.11. The molecule has 0 heterocycles. The normalized spacial score (nSPS) is 12.3. The van der Waals surface area contributed by atoms with E-state index in [-0.39, 0.29) is 11.9 Å². The highest BCUT2D eigenvalue weighted by molar-refractivity contribution is 9.09. The molecule has 0 aromatic heterocycles. The van der Waals surface area contributed by atoms with Gasteiger partial charge in [0.15, 0.2) is 0 Å². The summed E-state index contributed by atoms with van der Waals surface area (Å²) in [5, 5.41) is 4.20. The summed E-state index contributed by atoms with van der Waals surface area (Å²) in [5.74, 6) is -0.0937. The van der Waals surface area contributed by atoms with Gasteiger partial charge in [0.2, 0.25) is 0 Å². The van der Waals surface area contributed by atoms with Crippen LogP contribution in [0.4, 0.5) is 0 Å². The Morgan fingerprint density at radius 2 is 2.27 bits per heavy atom. The van der Waals surface area contributed by atoms with E-state index >= 15 is 0 Å². The average molecular weight is 291 g/mol. The molecular weight excluding hydrogens is 277 g/mol. The summed E-state index contributed by atoms with van der Waals surface area (Å²) >= 11 is 9.24. The number of carbonyl (C=O) groups excluding carboxylic acids is 1. The summed E-state index contributed by atoms with van der Waals surface area (Å²) in [7, 11) is 0. The van der Waals surface area contributed by atoms with E-state index in [1.807, 2.05) is 19.9 Å². The molecule has 0 saturated heterocycles. The number of amides is 1. The number of rotatable bonds is 3. The van der Waals surface area contributed by atoms with E-state index < -0.39 is 0 Å². The molecule has 0 bridgehead atoms. The molecule has 0 aliphatic heterocycles. The second-order valence-corrected chi connectivity index (χ2v) is 4.55. The fourth-order valence-corrected chi connectivity index (χ4v) is 1.42. The third-order valence-corrected chi connectivity index (χ3v) is 3.42. The molecule has 0 saturated carbocycles. The minimum absolute atomic E-state index is 0.0937. The first kappa shape index (κ1) is 12.5. The maximum absolute atomic E-state index is 11.7. The van der Waals surface area contributed by atoms with Crippen molar-refractivity contribution in [3.63, 3.8) is 0 Å². The second kappa shape index (κ2) is 5.52. The number of carbonyl (C=O) groups is 1. The van der Waals surface area contributed by atoms with E-state index in [0.717, 1.165) is 10.9 Å². The van der Waals surface area contributed by atoms with E-state index in [9.17, 15) is 4.79 Å². The highest BCUT2D eigenvalue weighted by Crippen LogP contribution is 2.16. The predicted molar refractivity (Wildman–Crippen MR) is 66.9 cm³/mol. The van der Waals surface area contributed by atoms with Gasteiger partial charge in [-0.2, -0.15) is 0 Å². The quantitative estimate of drug-likeness (QED) is 0.851. The zero-order valence-corrected chi connectivity index (χ0v) is 11.0. The Bertz CT molecular complexity index is 368. The van der Waals surface area contributed by atoms with Gasteiger partial charge in [-0.15, -0.1) is 0 Å². The molecule has 2 nitrogen and oxygen atoms in total. The van der Waals surface area contributed by atoms with Crippen LogP contribution in [0.5, 0.6) is 0 Å². The van der Waals surface area contributed by atoms with Crippen molar-refractivity contribution in [2.75, 3.05) is 5.33 Å². The fourth-order valence-electron chi connectivity index (χ4n) is 1.08. The van der Waals surface area contributed by atoms with Crippen LogP contribution < -0.4 is 5.32 Å². The molecule has 0 fully saturated rings. The molecule has 15 heavy (non-hydrogen) atoms. The van der Waals surface area contributed by atoms with Crippen LogP contribution in [0.25, 0.3) is 0 Å². The summed E-state index contributed by atoms with van der Waals surface area (Å²) in [6.07, 6.45) is 0. The lowest BCUT2D eigenvalue weighted by Crippen LogP contribution is -2.33. The van der Waals surface area contributed by atoms with E-state index in [2.05, 4.69) is 21.2 Å². The topological polar surface area (TPSA) is 29.1 Å². The average Bonchev–Trinajstić information content (AvgIpc) is 2.21. The van der Waals surface area contributed by atoms with Crippen molar-refractivity contribution in [1.29, 1.82) is 0 Å². The first-order valence-electron chi connectivity index (χ1n) is 4.67. The molecular formula is C11H13BrClNO. The van der Waals surface area contributed by atoms with E-state index in [0.29, 0.717) is 10.6 Å². The zero-order chi connectivity index (χ0) is 11.4. The number of aryl methyl sites for hydroxylation is 1. The molecule has 1 N–H and O–H groups in total. The minimum Gasteiger partial charge on any atom is -0.349 e. The van der Waals surface area contributed by atoms with Crippen molar-refractivity contribution in [3.8, 4) is 0 Å². The van der Waals surface area contributed by atoms with Crippen molar-refractivity contribution in [3.05, 3.63) is 34.3 Å². The first-order valence-corrected chi connectivity index (χ1v) is 6.17. The molecule has 1 aromatic carbocycles. The third-order valence-electron chi connectivity index (χ3n) is 2.04. The number of nitrogens with one attached hydrogen (secondary N) is 1. The first-order chi connectivity index (χ1) is 7.04. The molecule has 1 amide bonds. The van der Waals surface area contributed by atoms with Gasteiger partial charge in [0, 0.05) is 22.0 Å². The molecule has 1 unspecified atom stereocenters. The molecule has 1 rings (SSSR count). The Morgan fingerprint density at radius 1 is 1.60 bits per heavy atom. The number of hydrogen-bond donors (Lipinski definition) is 1. The van der Waals surface area contributed by atoms with Gasteiger partial charge in [-0.1, -0.05) is 33.6 Å². The van der Waals surface area contributed by atoms with Gasteiger partial charge in [-0.3, -0.25) is 4.79 Å². The highest BCUT2D eigenvalue weighted by Gasteiger charge is 2.09. The van der Waals surface area contributed by atoms with Crippen LogP contribution in [-0.2, 0) is 0 Å². The van der Waals surface area contributed by atoms with Gasteiger partial charge in [0.25, 0.3) is 5.91 Å². The molecule has 82 valence electrons. The van der Waals surface area contributed by atoms with Crippen molar-refractivity contribution in [1.82, 2.24) is 5.32 Å². The Labute approximate surface area is 103 Å². The molecule has 0 spiro atoms. The zero-order valence-electron chi connectivity index (χ0n) is 8.68. The van der Waals surface area contributed by atoms with Crippen LogP contribution >= 0.6 is 27.5 Å². The van der Waals surface area contributed by atoms with Gasteiger partial charge < -0.3 is 5.32 Å². The third kappa shape index (κ3) is 3.50. The van der Waals surface area contributed by atoms with Gasteiger partial charge in [0.05, 0.1) is 0 Å². The Morgan fingerprint density at radius 3 is 2.80 bits per heavy atom. The van der Waals surface area contributed by atoms with Gasteiger partial charge >= 0.3 is 0 Å². The van der Waals surface area contributed by atoms with Crippen molar-refractivity contribution < 1.29 is 4.79 Å².